The minimum atomic E-state index is 0.452. The summed E-state index contributed by atoms with van der Waals surface area (Å²) in [6.45, 7) is 1.97. The number of hydrogen-bond acceptors (Lipinski definition) is 2. The first-order chi connectivity index (χ1) is 9.06. The Morgan fingerprint density at radius 3 is 2.74 bits per heavy atom. The molecule has 96 valence electrons. The molecule has 0 bridgehead atoms. The summed E-state index contributed by atoms with van der Waals surface area (Å²) in [5.41, 5.74) is 9.78. The molecule has 5 heteroatoms. The van der Waals surface area contributed by atoms with Crippen molar-refractivity contribution in [3.8, 4) is 5.69 Å². The number of nitrogens with zero attached hydrogens (tertiary/aromatic N) is 2. The number of benzene rings is 2. The molecule has 1 heterocycles. The lowest BCUT2D eigenvalue weighted by Gasteiger charge is -2.08. The Labute approximate surface area is 124 Å². The Kier molecular flexibility index (Phi) is 2.99. The summed E-state index contributed by atoms with van der Waals surface area (Å²) in [5, 5.41) is 0.718. The molecular formula is C14H11BrClN3. The molecule has 3 rings (SSSR count). The van der Waals surface area contributed by atoms with Gasteiger partial charge in [0.1, 0.15) is 0 Å². The van der Waals surface area contributed by atoms with Gasteiger partial charge in [0.15, 0.2) is 0 Å². The number of fused-ring (bicyclic) bond motifs is 1. The molecule has 0 radical (unpaired) electrons. The number of halogens is 2. The summed E-state index contributed by atoms with van der Waals surface area (Å²) in [5.74, 6) is 0.452. The quantitative estimate of drug-likeness (QED) is 0.718. The second kappa shape index (κ2) is 4.54. The summed E-state index contributed by atoms with van der Waals surface area (Å²) in [6.07, 6.45) is 0. The fraction of sp³-hybridized carbons (Fsp3) is 0.0714. The lowest BCUT2D eigenvalue weighted by atomic mass is 10.2. The van der Waals surface area contributed by atoms with Gasteiger partial charge in [-0.05, 0) is 42.8 Å². The Morgan fingerprint density at radius 1 is 1.21 bits per heavy atom. The molecule has 19 heavy (non-hydrogen) atoms. The SMILES string of the molecule is Cc1ccc(-n2c(N)nc3cc(Br)ccc32)cc1Cl. The zero-order valence-corrected chi connectivity index (χ0v) is 12.5. The minimum absolute atomic E-state index is 0.452. The fourth-order valence-corrected chi connectivity index (χ4v) is 2.59. The molecule has 0 amide bonds. The van der Waals surface area contributed by atoms with Gasteiger partial charge >= 0.3 is 0 Å². The molecule has 0 spiro atoms. The lowest BCUT2D eigenvalue weighted by molar-refractivity contribution is 1.11. The van der Waals surface area contributed by atoms with E-state index in [2.05, 4.69) is 20.9 Å². The highest BCUT2D eigenvalue weighted by atomic mass is 79.9. The van der Waals surface area contributed by atoms with E-state index in [9.17, 15) is 0 Å². The predicted octanol–water partition coefficient (Wildman–Crippen LogP) is 4.33. The van der Waals surface area contributed by atoms with Gasteiger partial charge < -0.3 is 5.73 Å². The highest BCUT2D eigenvalue weighted by Crippen LogP contribution is 2.27. The van der Waals surface area contributed by atoms with E-state index in [1.165, 1.54) is 0 Å². The van der Waals surface area contributed by atoms with Crippen molar-refractivity contribution in [2.75, 3.05) is 5.73 Å². The molecule has 1 aromatic heterocycles. The van der Waals surface area contributed by atoms with Crippen molar-refractivity contribution in [3.05, 3.63) is 51.5 Å². The zero-order valence-electron chi connectivity index (χ0n) is 10.2. The van der Waals surface area contributed by atoms with E-state index in [1.807, 2.05) is 47.9 Å². The molecule has 2 N–H and O–H groups in total. The lowest BCUT2D eigenvalue weighted by Crippen LogP contribution is -2.00. The van der Waals surface area contributed by atoms with Crippen LogP contribution in [0.1, 0.15) is 5.56 Å². The van der Waals surface area contributed by atoms with Crippen LogP contribution in [-0.2, 0) is 0 Å². The largest absolute Gasteiger partial charge is 0.369 e. The number of rotatable bonds is 1. The first-order valence-corrected chi connectivity index (χ1v) is 6.93. The summed E-state index contributed by atoms with van der Waals surface area (Å²) < 4.78 is 2.87. The van der Waals surface area contributed by atoms with Gasteiger partial charge in [0.25, 0.3) is 0 Å². The molecule has 2 aromatic carbocycles. The highest BCUT2D eigenvalue weighted by Gasteiger charge is 2.11. The van der Waals surface area contributed by atoms with E-state index in [0.29, 0.717) is 5.95 Å². The van der Waals surface area contributed by atoms with Gasteiger partial charge in [-0.3, -0.25) is 4.57 Å². The smallest absolute Gasteiger partial charge is 0.205 e. The van der Waals surface area contributed by atoms with Crippen LogP contribution in [0.2, 0.25) is 5.02 Å². The van der Waals surface area contributed by atoms with E-state index < -0.39 is 0 Å². The van der Waals surface area contributed by atoms with E-state index in [1.54, 1.807) is 0 Å². The average molecular weight is 337 g/mol. The normalized spacial score (nSPS) is 11.1. The molecular weight excluding hydrogens is 326 g/mol. The highest BCUT2D eigenvalue weighted by molar-refractivity contribution is 9.10. The van der Waals surface area contributed by atoms with Crippen molar-refractivity contribution in [3.63, 3.8) is 0 Å². The first-order valence-electron chi connectivity index (χ1n) is 5.76. The van der Waals surface area contributed by atoms with Crippen LogP contribution in [0.3, 0.4) is 0 Å². The van der Waals surface area contributed by atoms with Gasteiger partial charge in [-0.2, -0.15) is 0 Å². The van der Waals surface area contributed by atoms with Crippen LogP contribution in [0, 0.1) is 6.92 Å². The monoisotopic (exact) mass is 335 g/mol. The molecule has 0 aliphatic heterocycles. The molecule has 0 atom stereocenters. The third-order valence-corrected chi connectivity index (χ3v) is 3.96. The van der Waals surface area contributed by atoms with E-state index in [0.717, 1.165) is 31.8 Å². The van der Waals surface area contributed by atoms with E-state index in [-0.39, 0.29) is 0 Å². The molecule has 3 nitrogen and oxygen atoms in total. The molecule has 0 unspecified atom stereocenters. The van der Waals surface area contributed by atoms with Gasteiger partial charge in [0, 0.05) is 9.50 Å². The molecule has 0 aliphatic carbocycles. The second-order valence-corrected chi connectivity index (χ2v) is 5.69. The van der Waals surface area contributed by atoms with Crippen molar-refractivity contribution >= 4 is 44.5 Å². The summed E-state index contributed by atoms with van der Waals surface area (Å²) in [7, 11) is 0. The number of nitrogens with two attached hydrogens (primary N) is 1. The van der Waals surface area contributed by atoms with Crippen molar-refractivity contribution in [1.82, 2.24) is 9.55 Å². The van der Waals surface area contributed by atoms with Crippen LogP contribution in [-0.4, -0.2) is 9.55 Å². The fourth-order valence-electron chi connectivity index (χ4n) is 2.06. The molecule has 0 aliphatic rings. The van der Waals surface area contributed by atoms with E-state index >= 15 is 0 Å². The maximum Gasteiger partial charge on any atom is 0.205 e. The van der Waals surface area contributed by atoms with Crippen molar-refractivity contribution in [1.29, 1.82) is 0 Å². The third kappa shape index (κ3) is 2.11. The molecule has 0 saturated heterocycles. The van der Waals surface area contributed by atoms with Crippen molar-refractivity contribution in [2.45, 2.75) is 6.92 Å². The minimum Gasteiger partial charge on any atom is -0.369 e. The Hall–Kier alpha value is -1.52. The summed E-state index contributed by atoms with van der Waals surface area (Å²) in [4.78, 5) is 4.37. The number of imidazole rings is 1. The van der Waals surface area contributed by atoms with E-state index in [4.69, 9.17) is 17.3 Å². The number of nitrogen functional groups attached to an aromatic ring is 1. The maximum absolute atomic E-state index is 6.18. The number of aromatic nitrogens is 2. The van der Waals surface area contributed by atoms with Gasteiger partial charge in [-0.25, -0.2) is 4.98 Å². The van der Waals surface area contributed by atoms with Gasteiger partial charge in [-0.15, -0.1) is 0 Å². The van der Waals surface area contributed by atoms with Crippen LogP contribution in [0.4, 0.5) is 5.95 Å². The van der Waals surface area contributed by atoms with Crippen molar-refractivity contribution in [2.24, 2.45) is 0 Å². The van der Waals surface area contributed by atoms with Crippen LogP contribution in [0.15, 0.2) is 40.9 Å². The van der Waals surface area contributed by atoms with Crippen molar-refractivity contribution < 1.29 is 0 Å². The maximum atomic E-state index is 6.18. The van der Waals surface area contributed by atoms with Crippen LogP contribution >= 0.6 is 27.5 Å². The first kappa shape index (κ1) is 12.5. The summed E-state index contributed by atoms with van der Waals surface area (Å²) in [6, 6.07) is 11.8. The Bertz CT molecular complexity index is 780. The van der Waals surface area contributed by atoms with Gasteiger partial charge in [-0.1, -0.05) is 33.6 Å². The third-order valence-electron chi connectivity index (χ3n) is 3.06. The number of aryl methyl sites for hydroxylation is 1. The Balaban J connectivity index is 2.29. The van der Waals surface area contributed by atoms with Crippen LogP contribution in [0.25, 0.3) is 16.7 Å². The number of anilines is 1. The molecule has 0 saturated carbocycles. The van der Waals surface area contributed by atoms with Gasteiger partial charge in [0.2, 0.25) is 5.95 Å². The van der Waals surface area contributed by atoms with Crippen LogP contribution < -0.4 is 5.73 Å². The Morgan fingerprint density at radius 2 is 2.00 bits per heavy atom. The van der Waals surface area contributed by atoms with Crippen LogP contribution in [0.5, 0.6) is 0 Å². The predicted molar refractivity (Wildman–Crippen MR) is 82.9 cm³/mol. The molecule has 3 aromatic rings. The standard InChI is InChI=1S/C14H11BrClN3/c1-8-2-4-10(7-11(8)16)19-13-5-3-9(15)6-12(13)18-14(19)17/h2-7H,1H3,(H2,17,18). The molecule has 0 fully saturated rings. The number of hydrogen-bond donors (Lipinski definition) is 1. The van der Waals surface area contributed by atoms with Gasteiger partial charge in [0.05, 0.1) is 16.7 Å². The topological polar surface area (TPSA) is 43.8 Å². The average Bonchev–Trinajstić information content (AvgIpc) is 2.68. The summed E-state index contributed by atoms with van der Waals surface area (Å²) >= 11 is 9.61. The zero-order chi connectivity index (χ0) is 13.6. The second-order valence-electron chi connectivity index (χ2n) is 4.37.